The summed E-state index contributed by atoms with van der Waals surface area (Å²) in [5.41, 5.74) is 1.03. The minimum absolute atomic E-state index is 0.0535. The standard InChI is InChI=1S/C21H15Cl3FN5O2/c22-16-6-1-13(9-17(16)23)10-30-11-18(24)20(28-30)26-21(31)19-7-8-29(27-19)12-32-15-4-2-14(25)3-5-15/h1-9,11H,10,12H2,(H,26,28,31). The minimum atomic E-state index is -0.479. The quantitative estimate of drug-likeness (QED) is 0.367. The van der Waals surface area contributed by atoms with Crippen LogP contribution in [0.2, 0.25) is 15.1 Å². The van der Waals surface area contributed by atoms with Crippen molar-refractivity contribution in [1.29, 1.82) is 0 Å². The Kier molecular flexibility index (Phi) is 6.64. The Morgan fingerprint density at radius 2 is 1.75 bits per heavy atom. The summed E-state index contributed by atoms with van der Waals surface area (Å²) in [6.45, 7) is 0.444. The Morgan fingerprint density at radius 1 is 0.969 bits per heavy atom. The Labute approximate surface area is 197 Å². The van der Waals surface area contributed by atoms with Crippen molar-refractivity contribution in [2.75, 3.05) is 5.32 Å². The molecule has 0 bridgehead atoms. The largest absolute Gasteiger partial charge is 0.471 e. The Balaban J connectivity index is 1.37. The summed E-state index contributed by atoms with van der Waals surface area (Å²) in [6, 6.07) is 12.4. The first kappa shape index (κ1) is 22.1. The van der Waals surface area contributed by atoms with Crippen LogP contribution in [0.15, 0.2) is 60.9 Å². The van der Waals surface area contributed by atoms with Crippen LogP contribution >= 0.6 is 34.8 Å². The molecule has 1 amide bonds. The minimum Gasteiger partial charge on any atom is -0.471 e. The van der Waals surface area contributed by atoms with Crippen LogP contribution in [0.4, 0.5) is 10.2 Å². The second-order valence-corrected chi connectivity index (χ2v) is 7.92. The summed E-state index contributed by atoms with van der Waals surface area (Å²) in [4.78, 5) is 12.5. The zero-order chi connectivity index (χ0) is 22.7. The van der Waals surface area contributed by atoms with Crippen LogP contribution in [0.5, 0.6) is 5.75 Å². The topological polar surface area (TPSA) is 74.0 Å². The van der Waals surface area contributed by atoms with Crippen LogP contribution < -0.4 is 10.1 Å². The van der Waals surface area contributed by atoms with Gasteiger partial charge in [-0.3, -0.25) is 9.48 Å². The highest BCUT2D eigenvalue weighted by atomic mass is 35.5. The van der Waals surface area contributed by atoms with Crippen molar-refractivity contribution in [1.82, 2.24) is 19.6 Å². The first-order valence-electron chi connectivity index (χ1n) is 9.27. The number of amides is 1. The number of aromatic nitrogens is 4. The molecular weight excluding hydrogens is 480 g/mol. The Hall–Kier alpha value is -3.07. The molecule has 164 valence electrons. The highest BCUT2D eigenvalue weighted by Gasteiger charge is 2.15. The Morgan fingerprint density at radius 3 is 2.50 bits per heavy atom. The number of carbonyl (C=O) groups excluding carboxylic acids is 1. The highest BCUT2D eigenvalue weighted by molar-refractivity contribution is 6.42. The molecular formula is C21H15Cl3FN5O2. The first-order valence-corrected chi connectivity index (χ1v) is 10.4. The van der Waals surface area contributed by atoms with Gasteiger partial charge in [-0.25, -0.2) is 9.07 Å². The maximum atomic E-state index is 12.9. The maximum Gasteiger partial charge on any atom is 0.277 e. The monoisotopic (exact) mass is 493 g/mol. The molecule has 4 aromatic rings. The third kappa shape index (κ3) is 5.40. The smallest absolute Gasteiger partial charge is 0.277 e. The second-order valence-electron chi connectivity index (χ2n) is 6.69. The number of nitrogens with zero attached hydrogens (tertiary/aromatic N) is 4. The van der Waals surface area contributed by atoms with Crippen molar-refractivity contribution in [3.8, 4) is 5.75 Å². The van der Waals surface area contributed by atoms with E-state index in [1.807, 2.05) is 6.07 Å². The van der Waals surface area contributed by atoms with Gasteiger partial charge in [0.2, 0.25) is 0 Å². The van der Waals surface area contributed by atoms with Crippen LogP contribution in [0.1, 0.15) is 16.1 Å². The number of hydrogen-bond acceptors (Lipinski definition) is 4. The third-order valence-electron chi connectivity index (χ3n) is 4.33. The van der Waals surface area contributed by atoms with E-state index in [1.54, 1.807) is 29.2 Å². The van der Waals surface area contributed by atoms with Gasteiger partial charge in [-0.2, -0.15) is 10.2 Å². The van der Waals surface area contributed by atoms with Gasteiger partial charge < -0.3 is 10.1 Å². The average Bonchev–Trinajstić information content (AvgIpc) is 3.37. The molecule has 0 aliphatic carbocycles. The van der Waals surface area contributed by atoms with E-state index in [0.29, 0.717) is 22.3 Å². The molecule has 2 heterocycles. The molecule has 2 aromatic carbocycles. The van der Waals surface area contributed by atoms with Crippen molar-refractivity contribution in [3.63, 3.8) is 0 Å². The van der Waals surface area contributed by atoms with Crippen LogP contribution in [0, 0.1) is 5.82 Å². The van der Waals surface area contributed by atoms with Crippen LogP contribution in [-0.4, -0.2) is 25.5 Å². The van der Waals surface area contributed by atoms with Gasteiger partial charge in [-0.05, 0) is 48.0 Å². The number of ether oxygens (including phenoxy) is 1. The van der Waals surface area contributed by atoms with Crippen molar-refractivity contribution in [2.24, 2.45) is 0 Å². The van der Waals surface area contributed by atoms with Gasteiger partial charge in [0.1, 0.15) is 16.6 Å². The van der Waals surface area contributed by atoms with Gasteiger partial charge in [0.15, 0.2) is 18.2 Å². The summed E-state index contributed by atoms with van der Waals surface area (Å²) < 4.78 is 21.5. The van der Waals surface area contributed by atoms with E-state index in [-0.39, 0.29) is 29.1 Å². The molecule has 2 aromatic heterocycles. The van der Waals surface area contributed by atoms with Crippen LogP contribution in [0.25, 0.3) is 0 Å². The van der Waals surface area contributed by atoms with E-state index in [2.05, 4.69) is 15.5 Å². The molecule has 0 unspecified atom stereocenters. The SMILES string of the molecule is O=C(Nc1nn(Cc2ccc(Cl)c(Cl)c2)cc1Cl)c1ccn(COc2ccc(F)cc2)n1. The zero-order valence-electron chi connectivity index (χ0n) is 16.3. The van der Waals surface area contributed by atoms with Gasteiger partial charge in [-0.15, -0.1) is 0 Å². The number of halogens is 4. The van der Waals surface area contributed by atoms with Gasteiger partial charge in [-0.1, -0.05) is 40.9 Å². The van der Waals surface area contributed by atoms with E-state index < -0.39 is 5.91 Å². The fourth-order valence-corrected chi connectivity index (χ4v) is 3.30. The lowest BCUT2D eigenvalue weighted by Gasteiger charge is -2.06. The zero-order valence-corrected chi connectivity index (χ0v) is 18.6. The molecule has 1 N–H and O–H groups in total. The number of benzene rings is 2. The maximum absolute atomic E-state index is 12.9. The lowest BCUT2D eigenvalue weighted by Crippen LogP contribution is -2.15. The molecule has 7 nitrogen and oxygen atoms in total. The normalized spacial score (nSPS) is 10.9. The molecule has 0 spiro atoms. The molecule has 0 aliphatic heterocycles. The number of anilines is 1. The van der Waals surface area contributed by atoms with Crippen molar-refractivity contribution in [3.05, 3.63) is 93.1 Å². The van der Waals surface area contributed by atoms with E-state index in [0.717, 1.165) is 5.56 Å². The van der Waals surface area contributed by atoms with Gasteiger partial charge in [0.05, 0.1) is 16.6 Å². The van der Waals surface area contributed by atoms with E-state index >= 15 is 0 Å². The predicted octanol–water partition coefficient (Wildman–Crippen LogP) is 5.52. The van der Waals surface area contributed by atoms with Gasteiger partial charge >= 0.3 is 0 Å². The second kappa shape index (κ2) is 9.60. The lowest BCUT2D eigenvalue weighted by atomic mass is 10.2. The van der Waals surface area contributed by atoms with Crippen LogP contribution in [0.3, 0.4) is 0 Å². The lowest BCUT2D eigenvalue weighted by molar-refractivity contribution is 0.101. The molecule has 0 fully saturated rings. The fourth-order valence-electron chi connectivity index (χ4n) is 2.79. The van der Waals surface area contributed by atoms with E-state index in [1.165, 1.54) is 35.0 Å². The molecule has 0 aliphatic rings. The number of rotatable bonds is 7. The molecule has 0 radical (unpaired) electrons. The van der Waals surface area contributed by atoms with Gasteiger partial charge in [0.25, 0.3) is 5.91 Å². The highest BCUT2D eigenvalue weighted by Crippen LogP contribution is 2.24. The molecule has 0 saturated heterocycles. The van der Waals surface area contributed by atoms with Crippen molar-refractivity contribution >= 4 is 46.5 Å². The number of nitrogens with one attached hydrogen (secondary N) is 1. The molecule has 4 rings (SSSR count). The third-order valence-corrected chi connectivity index (χ3v) is 5.34. The average molecular weight is 495 g/mol. The van der Waals surface area contributed by atoms with Crippen molar-refractivity contribution < 1.29 is 13.9 Å². The molecule has 0 saturated carbocycles. The number of carbonyl (C=O) groups is 1. The molecule has 0 atom stereocenters. The van der Waals surface area contributed by atoms with Crippen molar-refractivity contribution in [2.45, 2.75) is 13.3 Å². The summed E-state index contributed by atoms with van der Waals surface area (Å²) in [5, 5.41) is 12.3. The number of hydrogen-bond donors (Lipinski definition) is 1. The van der Waals surface area contributed by atoms with Crippen LogP contribution in [-0.2, 0) is 13.3 Å². The predicted molar refractivity (Wildman–Crippen MR) is 120 cm³/mol. The molecule has 11 heteroatoms. The first-order chi connectivity index (χ1) is 15.4. The summed E-state index contributed by atoms with van der Waals surface area (Å²) in [6.07, 6.45) is 3.18. The van der Waals surface area contributed by atoms with E-state index in [4.69, 9.17) is 39.5 Å². The summed E-state index contributed by atoms with van der Waals surface area (Å²) in [7, 11) is 0. The fraction of sp³-hybridized carbons (Fsp3) is 0.0952. The molecule has 32 heavy (non-hydrogen) atoms. The summed E-state index contributed by atoms with van der Waals surface area (Å²) >= 11 is 18.2. The van der Waals surface area contributed by atoms with E-state index in [9.17, 15) is 9.18 Å². The van der Waals surface area contributed by atoms with Gasteiger partial charge in [0, 0.05) is 12.4 Å². The summed E-state index contributed by atoms with van der Waals surface area (Å²) in [5.74, 6) is -0.151. The Bertz CT molecular complexity index is 1260.